The van der Waals surface area contributed by atoms with Crippen LogP contribution in [-0.4, -0.2) is 38.3 Å². The molecule has 1 aliphatic rings. The number of rotatable bonds is 6. The fourth-order valence-corrected chi connectivity index (χ4v) is 1.92. The third-order valence-corrected chi connectivity index (χ3v) is 2.81. The molecule has 5 heteroatoms. The van der Waals surface area contributed by atoms with E-state index in [9.17, 15) is 4.39 Å². The molecule has 0 radical (unpaired) electrons. The molecule has 0 aliphatic carbocycles. The molecule has 1 unspecified atom stereocenters. The fraction of sp³-hybridized carbons (Fsp3) is 0.571. The van der Waals surface area contributed by atoms with Crippen LogP contribution < -0.4 is 5.32 Å². The van der Waals surface area contributed by atoms with E-state index in [1.54, 1.807) is 18.2 Å². The third kappa shape index (κ3) is 4.45. The molecule has 1 aromatic rings. The van der Waals surface area contributed by atoms with Gasteiger partial charge in [-0.2, -0.15) is 0 Å². The van der Waals surface area contributed by atoms with E-state index in [1.165, 1.54) is 6.07 Å². The number of nitrogens with one attached hydrogen (secondary N) is 1. The molecule has 1 saturated heterocycles. The van der Waals surface area contributed by atoms with E-state index in [2.05, 4.69) is 5.32 Å². The van der Waals surface area contributed by atoms with Crippen molar-refractivity contribution < 1.29 is 18.6 Å². The van der Waals surface area contributed by atoms with Gasteiger partial charge in [0.25, 0.3) is 0 Å². The number of para-hydroxylation sites is 1. The summed E-state index contributed by atoms with van der Waals surface area (Å²) in [5.74, 6) is -0.767. The lowest BCUT2D eigenvalue weighted by atomic mass is 10.3. The highest BCUT2D eigenvalue weighted by Gasteiger charge is 2.32. The topological polar surface area (TPSA) is 39.7 Å². The summed E-state index contributed by atoms with van der Waals surface area (Å²) in [6, 6.07) is 6.58. The molecular weight excluding hydrogens is 249 g/mol. The van der Waals surface area contributed by atoms with Crippen molar-refractivity contribution in [1.29, 1.82) is 0 Å². The molecule has 19 heavy (non-hydrogen) atoms. The molecular formula is C14H20FNO3. The highest BCUT2D eigenvalue weighted by atomic mass is 19.1. The molecule has 1 aliphatic heterocycles. The molecule has 0 amide bonds. The Morgan fingerprint density at radius 1 is 1.42 bits per heavy atom. The number of anilines is 1. The number of halogens is 1. The first-order chi connectivity index (χ1) is 9.07. The van der Waals surface area contributed by atoms with Crippen LogP contribution >= 0.6 is 0 Å². The van der Waals surface area contributed by atoms with Crippen molar-refractivity contribution in [3.8, 4) is 0 Å². The van der Waals surface area contributed by atoms with Crippen LogP contribution in [0.1, 0.15) is 13.8 Å². The summed E-state index contributed by atoms with van der Waals surface area (Å²) in [5.41, 5.74) is 0.493. The van der Waals surface area contributed by atoms with Gasteiger partial charge in [0.05, 0.1) is 25.5 Å². The van der Waals surface area contributed by atoms with Gasteiger partial charge in [0.1, 0.15) is 11.9 Å². The molecule has 0 bridgehead atoms. The summed E-state index contributed by atoms with van der Waals surface area (Å²) >= 11 is 0. The Kier molecular flexibility index (Phi) is 4.74. The van der Waals surface area contributed by atoms with E-state index in [0.717, 1.165) is 0 Å². The van der Waals surface area contributed by atoms with Crippen LogP contribution in [0.5, 0.6) is 0 Å². The van der Waals surface area contributed by atoms with Crippen molar-refractivity contribution in [3.05, 3.63) is 30.1 Å². The predicted molar refractivity (Wildman–Crippen MR) is 70.6 cm³/mol. The number of hydrogen-bond donors (Lipinski definition) is 1. The minimum absolute atomic E-state index is 0.0246. The molecule has 0 aromatic heterocycles. The van der Waals surface area contributed by atoms with E-state index >= 15 is 0 Å². The van der Waals surface area contributed by atoms with E-state index in [4.69, 9.17) is 14.2 Å². The quantitative estimate of drug-likeness (QED) is 0.805. The lowest BCUT2D eigenvalue weighted by Crippen LogP contribution is -2.25. The maximum absolute atomic E-state index is 13.3. The smallest absolute Gasteiger partial charge is 0.163 e. The molecule has 1 heterocycles. The Balaban J connectivity index is 1.59. The van der Waals surface area contributed by atoms with Crippen LogP contribution in [0.3, 0.4) is 0 Å². The Morgan fingerprint density at radius 3 is 2.89 bits per heavy atom. The van der Waals surface area contributed by atoms with Crippen molar-refractivity contribution in [1.82, 2.24) is 0 Å². The lowest BCUT2D eigenvalue weighted by Gasteiger charge is -2.17. The second kappa shape index (κ2) is 6.32. The van der Waals surface area contributed by atoms with Gasteiger partial charge in [-0.1, -0.05) is 12.1 Å². The zero-order valence-electron chi connectivity index (χ0n) is 11.3. The molecule has 2 rings (SSSR count). The van der Waals surface area contributed by atoms with Gasteiger partial charge < -0.3 is 19.5 Å². The average molecular weight is 269 g/mol. The van der Waals surface area contributed by atoms with Gasteiger partial charge in [-0.3, -0.25) is 0 Å². The zero-order valence-corrected chi connectivity index (χ0v) is 11.3. The predicted octanol–water partition coefficient (Wildman–Crippen LogP) is 2.41. The SMILES string of the molecule is CC1(C)OCC(COCCNc2ccccc2F)O1. The largest absolute Gasteiger partial charge is 0.380 e. The minimum atomic E-state index is -0.514. The van der Waals surface area contributed by atoms with Crippen LogP contribution in [0.4, 0.5) is 10.1 Å². The second-order valence-corrected chi connectivity index (χ2v) is 4.93. The van der Waals surface area contributed by atoms with E-state index < -0.39 is 5.79 Å². The third-order valence-electron chi connectivity index (χ3n) is 2.81. The van der Waals surface area contributed by atoms with Gasteiger partial charge in [-0.05, 0) is 26.0 Å². The Morgan fingerprint density at radius 2 is 2.21 bits per heavy atom. The molecule has 4 nitrogen and oxygen atoms in total. The number of benzene rings is 1. The molecule has 1 N–H and O–H groups in total. The standard InChI is InChI=1S/C14H20FNO3/c1-14(2)18-10-11(19-14)9-17-8-7-16-13-6-4-3-5-12(13)15/h3-6,11,16H,7-10H2,1-2H3. The maximum Gasteiger partial charge on any atom is 0.163 e. The van der Waals surface area contributed by atoms with E-state index in [0.29, 0.717) is 32.1 Å². The fourth-order valence-electron chi connectivity index (χ4n) is 1.92. The van der Waals surface area contributed by atoms with Crippen molar-refractivity contribution in [2.45, 2.75) is 25.7 Å². The van der Waals surface area contributed by atoms with Crippen LogP contribution in [0, 0.1) is 5.82 Å². The van der Waals surface area contributed by atoms with Gasteiger partial charge in [0, 0.05) is 6.54 Å². The molecule has 106 valence electrons. The minimum Gasteiger partial charge on any atom is -0.380 e. The van der Waals surface area contributed by atoms with Crippen LogP contribution in [0.15, 0.2) is 24.3 Å². The number of hydrogen-bond acceptors (Lipinski definition) is 4. The zero-order chi connectivity index (χ0) is 13.7. The van der Waals surface area contributed by atoms with E-state index in [1.807, 2.05) is 13.8 Å². The molecule has 1 aromatic carbocycles. The average Bonchev–Trinajstić information content (AvgIpc) is 2.71. The first-order valence-electron chi connectivity index (χ1n) is 6.45. The van der Waals surface area contributed by atoms with Gasteiger partial charge in [0.2, 0.25) is 0 Å². The van der Waals surface area contributed by atoms with E-state index in [-0.39, 0.29) is 11.9 Å². The summed E-state index contributed by atoms with van der Waals surface area (Å²) in [6.45, 7) is 5.85. The lowest BCUT2D eigenvalue weighted by molar-refractivity contribution is -0.144. The van der Waals surface area contributed by atoms with Gasteiger partial charge in [-0.15, -0.1) is 0 Å². The van der Waals surface area contributed by atoms with Crippen molar-refractivity contribution >= 4 is 5.69 Å². The normalized spacial score (nSPS) is 21.5. The number of ether oxygens (including phenoxy) is 3. The van der Waals surface area contributed by atoms with Crippen molar-refractivity contribution in [3.63, 3.8) is 0 Å². The summed E-state index contributed by atoms with van der Waals surface area (Å²) in [5, 5.41) is 2.98. The van der Waals surface area contributed by atoms with Crippen LogP contribution in [-0.2, 0) is 14.2 Å². The highest BCUT2D eigenvalue weighted by molar-refractivity contribution is 5.44. The Bertz CT molecular complexity index is 411. The second-order valence-electron chi connectivity index (χ2n) is 4.93. The van der Waals surface area contributed by atoms with Crippen LogP contribution in [0.2, 0.25) is 0 Å². The molecule has 0 saturated carbocycles. The Hall–Kier alpha value is -1.17. The Labute approximate surface area is 112 Å². The molecule has 1 atom stereocenters. The first-order valence-corrected chi connectivity index (χ1v) is 6.45. The first kappa shape index (κ1) is 14.2. The van der Waals surface area contributed by atoms with Crippen LogP contribution in [0.25, 0.3) is 0 Å². The van der Waals surface area contributed by atoms with Crippen molar-refractivity contribution in [2.75, 3.05) is 31.7 Å². The summed E-state index contributed by atoms with van der Waals surface area (Å²) in [4.78, 5) is 0. The van der Waals surface area contributed by atoms with Gasteiger partial charge in [-0.25, -0.2) is 4.39 Å². The monoisotopic (exact) mass is 269 g/mol. The molecule has 0 spiro atoms. The van der Waals surface area contributed by atoms with Gasteiger partial charge >= 0.3 is 0 Å². The highest BCUT2D eigenvalue weighted by Crippen LogP contribution is 2.22. The summed E-state index contributed by atoms with van der Waals surface area (Å²) in [6.07, 6.45) is -0.0246. The summed E-state index contributed by atoms with van der Waals surface area (Å²) < 4.78 is 29.8. The molecule has 1 fully saturated rings. The summed E-state index contributed by atoms with van der Waals surface area (Å²) in [7, 11) is 0. The van der Waals surface area contributed by atoms with Gasteiger partial charge in [0.15, 0.2) is 5.79 Å². The maximum atomic E-state index is 13.3. The van der Waals surface area contributed by atoms with Crippen molar-refractivity contribution in [2.24, 2.45) is 0 Å².